The highest BCUT2D eigenvalue weighted by Gasteiger charge is 2.21. The van der Waals surface area contributed by atoms with Crippen molar-refractivity contribution in [1.29, 1.82) is 0 Å². The van der Waals surface area contributed by atoms with E-state index in [0.717, 1.165) is 18.7 Å². The number of hydrogen-bond donors (Lipinski definition) is 1. The highest BCUT2D eigenvalue weighted by molar-refractivity contribution is 6.02. The molecule has 0 aliphatic carbocycles. The number of halogens is 1. The van der Waals surface area contributed by atoms with Gasteiger partial charge < -0.3 is 10.2 Å². The summed E-state index contributed by atoms with van der Waals surface area (Å²) in [4.78, 5) is 18.9. The van der Waals surface area contributed by atoms with Crippen molar-refractivity contribution >= 4 is 17.3 Å². The quantitative estimate of drug-likeness (QED) is 0.913. The van der Waals surface area contributed by atoms with Crippen LogP contribution >= 0.6 is 0 Å². The maximum absolute atomic E-state index is 12.9. The van der Waals surface area contributed by atoms with Gasteiger partial charge >= 0.3 is 0 Å². The fourth-order valence-corrected chi connectivity index (χ4v) is 3.18. The summed E-state index contributed by atoms with van der Waals surface area (Å²) in [7, 11) is 0. The fourth-order valence-electron chi connectivity index (χ4n) is 3.18. The van der Waals surface area contributed by atoms with Crippen LogP contribution in [0.2, 0.25) is 0 Å². The minimum Gasteiger partial charge on any atom is -0.367 e. The lowest BCUT2D eigenvalue weighted by Gasteiger charge is -2.37. The third-order valence-corrected chi connectivity index (χ3v) is 4.51. The number of hydrogen-bond acceptors (Lipinski definition) is 3. The van der Waals surface area contributed by atoms with Crippen molar-refractivity contribution in [2.45, 2.75) is 38.6 Å². The Kier molecular flexibility index (Phi) is 5.08. The molecule has 1 atom stereocenters. The molecule has 1 aliphatic rings. The second-order valence-electron chi connectivity index (χ2n) is 6.11. The van der Waals surface area contributed by atoms with Gasteiger partial charge in [-0.05, 0) is 62.1 Å². The van der Waals surface area contributed by atoms with E-state index in [0.29, 0.717) is 17.4 Å². The summed E-state index contributed by atoms with van der Waals surface area (Å²) in [5.41, 5.74) is 1.97. The van der Waals surface area contributed by atoms with Gasteiger partial charge in [-0.3, -0.25) is 4.79 Å². The molecule has 24 heavy (non-hydrogen) atoms. The summed E-state index contributed by atoms with van der Waals surface area (Å²) in [5.74, 6) is -0.624. The van der Waals surface area contributed by atoms with Gasteiger partial charge in [-0.2, -0.15) is 0 Å². The summed E-state index contributed by atoms with van der Waals surface area (Å²) in [6.07, 6.45) is 6.58. The average Bonchev–Trinajstić information content (AvgIpc) is 2.63. The zero-order chi connectivity index (χ0) is 16.9. The molecule has 1 amide bonds. The number of nitrogens with zero attached hydrogens (tertiary/aromatic N) is 2. The Morgan fingerprint density at radius 3 is 2.71 bits per heavy atom. The van der Waals surface area contributed by atoms with Crippen LogP contribution in [-0.4, -0.2) is 23.5 Å². The van der Waals surface area contributed by atoms with Crippen LogP contribution in [0.4, 0.5) is 15.8 Å². The van der Waals surface area contributed by atoms with Crippen molar-refractivity contribution in [2.75, 3.05) is 16.8 Å². The molecular weight excluding hydrogens is 305 g/mol. The van der Waals surface area contributed by atoms with Gasteiger partial charge in [0.05, 0.1) is 11.9 Å². The van der Waals surface area contributed by atoms with Crippen LogP contribution in [0, 0.1) is 5.82 Å². The summed E-state index contributed by atoms with van der Waals surface area (Å²) < 4.78 is 12.9. The van der Waals surface area contributed by atoms with Crippen molar-refractivity contribution in [2.24, 2.45) is 0 Å². The van der Waals surface area contributed by atoms with E-state index in [1.54, 1.807) is 12.3 Å². The molecule has 2 aromatic rings. The molecule has 126 valence electrons. The largest absolute Gasteiger partial charge is 0.367 e. The number of pyridine rings is 1. The topological polar surface area (TPSA) is 45.2 Å². The number of anilines is 2. The lowest BCUT2D eigenvalue weighted by atomic mass is 9.99. The molecule has 0 bridgehead atoms. The number of amides is 1. The third kappa shape index (κ3) is 3.72. The molecule has 0 radical (unpaired) electrons. The molecule has 3 rings (SSSR count). The van der Waals surface area contributed by atoms with Crippen LogP contribution in [0.3, 0.4) is 0 Å². The predicted molar refractivity (Wildman–Crippen MR) is 93.9 cm³/mol. The van der Waals surface area contributed by atoms with Crippen LogP contribution in [0.5, 0.6) is 0 Å². The Morgan fingerprint density at radius 1 is 1.25 bits per heavy atom. The molecule has 1 aromatic heterocycles. The molecule has 0 saturated carbocycles. The van der Waals surface area contributed by atoms with E-state index < -0.39 is 0 Å². The molecule has 0 spiro atoms. The van der Waals surface area contributed by atoms with Crippen molar-refractivity contribution in [3.63, 3.8) is 0 Å². The summed E-state index contributed by atoms with van der Waals surface area (Å²) >= 11 is 0. The minimum absolute atomic E-state index is 0.293. The van der Waals surface area contributed by atoms with E-state index in [9.17, 15) is 9.18 Å². The summed E-state index contributed by atoms with van der Waals surface area (Å²) in [6, 6.07) is 9.94. The number of aromatic nitrogens is 1. The van der Waals surface area contributed by atoms with Gasteiger partial charge in [0.1, 0.15) is 11.5 Å². The molecule has 1 N–H and O–H groups in total. The molecular formula is C19H22FN3O. The zero-order valence-electron chi connectivity index (χ0n) is 13.8. The second kappa shape index (κ2) is 7.43. The van der Waals surface area contributed by atoms with Crippen molar-refractivity contribution in [3.8, 4) is 0 Å². The van der Waals surface area contributed by atoms with Gasteiger partial charge in [-0.1, -0.05) is 6.92 Å². The summed E-state index contributed by atoms with van der Waals surface area (Å²) in [5, 5.41) is 2.72. The highest BCUT2D eigenvalue weighted by Crippen LogP contribution is 2.26. The number of nitrogens with one attached hydrogen (secondary N) is 1. The lowest BCUT2D eigenvalue weighted by Crippen LogP contribution is -2.39. The number of carbonyl (C=O) groups is 1. The number of carbonyl (C=O) groups excluding carboxylic acids is 1. The van der Waals surface area contributed by atoms with Crippen molar-refractivity contribution in [1.82, 2.24) is 4.98 Å². The standard InChI is InChI=1S/C19H22FN3O/c1-2-16-5-3-4-12-23(16)17-10-11-18(21-13-17)19(24)22-15-8-6-14(20)7-9-15/h6-11,13,16H,2-5,12H2,1H3,(H,22,24). The van der Waals surface area contributed by atoms with Gasteiger partial charge in [0, 0.05) is 18.3 Å². The second-order valence-corrected chi connectivity index (χ2v) is 6.11. The number of piperidine rings is 1. The van der Waals surface area contributed by atoms with E-state index in [4.69, 9.17) is 0 Å². The first kappa shape index (κ1) is 16.4. The molecule has 4 nitrogen and oxygen atoms in total. The fraction of sp³-hybridized carbons (Fsp3) is 0.368. The Bertz CT molecular complexity index is 685. The Hall–Kier alpha value is -2.43. The van der Waals surface area contributed by atoms with Crippen molar-refractivity contribution in [3.05, 3.63) is 54.1 Å². The zero-order valence-corrected chi connectivity index (χ0v) is 13.8. The van der Waals surface area contributed by atoms with Gasteiger partial charge in [0.15, 0.2) is 0 Å². The van der Waals surface area contributed by atoms with Crippen LogP contribution in [-0.2, 0) is 0 Å². The Labute approximate surface area is 141 Å². The maximum atomic E-state index is 12.9. The highest BCUT2D eigenvalue weighted by atomic mass is 19.1. The van der Waals surface area contributed by atoms with E-state index in [1.807, 2.05) is 6.07 Å². The van der Waals surface area contributed by atoms with Gasteiger partial charge in [0.25, 0.3) is 5.91 Å². The first-order chi connectivity index (χ1) is 11.7. The van der Waals surface area contributed by atoms with Gasteiger partial charge in [-0.15, -0.1) is 0 Å². The maximum Gasteiger partial charge on any atom is 0.274 e. The predicted octanol–water partition coefficient (Wildman–Crippen LogP) is 4.24. The molecule has 2 heterocycles. The monoisotopic (exact) mass is 327 g/mol. The van der Waals surface area contributed by atoms with Crippen LogP contribution in [0.25, 0.3) is 0 Å². The van der Waals surface area contributed by atoms with Crippen LogP contribution in [0.1, 0.15) is 43.1 Å². The summed E-state index contributed by atoms with van der Waals surface area (Å²) in [6.45, 7) is 3.25. The van der Waals surface area contributed by atoms with Gasteiger partial charge in [0.2, 0.25) is 0 Å². The molecule has 1 saturated heterocycles. The SMILES string of the molecule is CCC1CCCCN1c1ccc(C(=O)Nc2ccc(F)cc2)nc1. The van der Waals surface area contributed by atoms with Crippen LogP contribution < -0.4 is 10.2 Å². The first-order valence-electron chi connectivity index (χ1n) is 8.47. The average molecular weight is 327 g/mol. The smallest absolute Gasteiger partial charge is 0.274 e. The van der Waals surface area contributed by atoms with Gasteiger partial charge in [-0.25, -0.2) is 9.37 Å². The van der Waals surface area contributed by atoms with E-state index in [1.165, 1.54) is 43.5 Å². The molecule has 1 aliphatic heterocycles. The van der Waals surface area contributed by atoms with E-state index >= 15 is 0 Å². The van der Waals surface area contributed by atoms with E-state index in [2.05, 4.69) is 22.1 Å². The molecule has 1 unspecified atom stereocenters. The minimum atomic E-state index is -0.331. The molecule has 5 heteroatoms. The Balaban J connectivity index is 1.69. The molecule has 1 fully saturated rings. The Morgan fingerprint density at radius 2 is 2.04 bits per heavy atom. The number of rotatable bonds is 4. The number of benzene rings is 1. The first-order valence-corrected chi connectivity index (χ1v) is 8.47. The molecule has 1 aromatic carbocycles. The van der Waals surface area contributed by atoms with E-state index in [-0.39, 0.29) is 11.7 Å². The van der Waals surface area contributed by atoms with Crippen molar-refractivity contribution < 1.29 is 9.18 Å². The lowest BCUT2D eigenvalue weighted by molar-refractivity contribution is 0.102. The third-order valence-electron chi connectivity index (χ3n) is 4.51. The van der Waals surface area contributed by atoms with Crippen LogP contribution in [0.15, 0.2) is 42.6 Å². The normalized spacial score (nSPS) is 17.6.